The summed E-state index contributed by atoms with van der Waals surface area (Å²) in [5, 5.41) is 5.83. The average Bonchev–Trinajstić information content (AvgIpc) is 3.21. The lowest BCUT2D eigenvalue weighted by Crippen LogP contribution is -2.38. The molecular weight excluding hydrogens is 360 g/mol. The highest BCUT2D eigenvalue weighted by atomic mass is 16.5. The third-order valence-electron chi connectivity index (χ3n) is 5.10. The zero-order valence-electron chi connectivity index (χ0n) is 16.2. The molecule has 0 radical (unpaired) electrons. The average molecular weight is 390 g/mol. The first-order valence-electron chi connectivity index (χ1n) is 9.96. The van der Waals surface area contributed by atoms with E-state index in [4.69, 9.17) is 15.2 Å². The van der Waals surface area contributed by atoms with Gasteiger partial charge in [-0.25, -0.2) is 0 Å². The summed E-state index contributed by atoms with van der Waals surface area (Å²) in [6.07, 6.45) is 1.53. The first kappa shape index (κ1) is 20.7. The molecule has 28 heavy (non-hydrogen) atoms. The van der Waals surface area contributed by atoms with Gasteiger partial charge in [-0.1, -0.05) is 12.1 Å². The van der Waals surface area contributed by atoms with E-state index in [-0.39, 0.29) is 17.9 Å². The van der Waals surface area contributed by atoms with Gasteiger partial charge in [-0.05, 0) is 30.5 Å². The third kappa shape index (κ3) is 6.27. The zero-order valence-corrected chi connectivity index (χ0v) is 16.2. The number of hydrogen-bond acceptors (Lipinski definition) is 6. The highest BCUT2D eigenvalue weighted by molar-refractivity contribution is 5.90. The van der Waals surface area contributed by atoms with Crippen LogP contribution < -0.4 is 16.4 Å². The van der Waals surface area contributed by atoms with Crippen molar-refractivity contribution in [3.8, 4) is 0 Å². The van der Waals surface area contributed by atoms with E-state index in [1.54, 1.807) is 0 Å². The molecule has 2 saturated heterocycles. The van der Waals surface area contributed by atoms with Crippen molar-refractivity contribution >= 4 is 17.5 Å². The van der Waals surface area contributed by atoms with E-state index in [1.807, 2.05) is 24.3 Å². The molecule has 2 aliphatic rings. The van der Waals surface area contributed by atoms with Gasteiger partial charge in [0.25, 0.3) is 0 Å². The van der Waals surface area contributed by atoms with Gasteiger partial charge < -0.3 is 25.8 Å². The van der Waals surface area contributed by atoms with Gasteiger partial charge in [0.1, 0.15) is 6.10 Å². The molecular formula is C20H30N4O4. The SMILES string of the molecule is NC[C@H]1CC[C@@H](C(=O)NCc2cccc(NC(=O)CCN3CCOCC3)c2)O1. The Kier molecular flexibility index (Phi) is 7.79. The Bertz CT molecular complexity index is 663. The zero-order chi connectivity index (χ0) is 19.8. The van der Waals surface area contributed by atoms with E-state index in [2.05, 4.69) is 15.5 Å². The summed E-state index contributed by atoms with van der Waals surface area (Å²) in [5.41, 5.74) is 7.24. The summed E-state index contributed by atoms with van der Waals surface area (Å²) >= 11 is 0. The number of nitrogens with one attached hydrogen (secondary N) is 2. The van der Waals surface area contributed by atoms with Crippen LogP contribution in [0, 0.1) is 0 Å². The van der Waals surface area contributed by atoms with Crippen LogP contribution in [-0.4, -0.2) is 68.3 Å². The first-order valence-corrected chi connectivity index (χ1v) is 9.96. The van der Waals surface area contributed by atoms with E-state index >= 15 is 0 Å². The molecule has 0 aromatic heterocycles. The molecule has 0 saturated carbocycles. The van der Waals surface area contributed by atoms with Gasteiger partial charge in [-0.15, -0.1) is 0 Å². The lowest BCUT2D eigenvalue weighted by Gasteiger charge is -2.26. The van der Waals surface area contributed by atoms with Crippen LogP contribution in [-0.2, 0) is 25.6 Å². The van der Waals surface area contributed by atoms with Crippen molar-refractivity contribution < 1.29 is 19.1 Å². The minimum absolute atomic E-state index is 0.0140. The lowest BCUT2D eigenvalue weighted by atomic mass is 10.1. The van der Waals surface area contributed by atoms with Gasteiger partial charge in [0, 0.05) is 44.8 Å². The molecule has 0 spiro atoms. The number of hydrogen-bond donors (Lipinski definition) is 3. The summed E-state index contributed by atoms with van der Waals surface area (Å²) in [6, 6.07) is 7.52. The fraction of sp³-hybridized carbons (Fsp3) is 0.600. The van der Waals surface area contributed by atoms with Crippen LogP contribution in [0.5, 0.6) is 0 Å². The monoisotopic (exact) mass is 390 g/mol. The largest absolute Gasteiger partial charge is 0.379 e. The third-order valence-corrected chi connectivity index (χ3v) is 5.10. The molecule has 3 rings (SSSR count). The van der Waals surface area contributed by atoms with E-state index in [9.17, 15) is 9.59 Å². The number of nitrogens with zero attached hydrogens (tertiary/aromatic N) is 1. The second-order valence-corrected chi connectivity index (χ2v) is 7.23. The van der Waals surface area contributed by atoms with Crippen LogP contribution in [0.25, 0.3) is 0 Å². The molecule has 2 heterocycles. The van der Waals surface area contributed by atoms with Gasteiger partial charge in [0.15, 0.2) is 0 Å². The smallest absolute Gasteiger partial charge is 0.249 e. The number of carbonyl (C=O) groups excluding carboxylic acids is 2. The quantitative estimate of drug-likeness (QED) is 0.596. The number of benzene rings is 1. The molecule has 1 aromatic rings. The lowest BCUT2D eigenvalue weighted by molar-refractivity contribution is -0.132. The fourth-order valence-electron chi connectivity index (χ4n) is 3.44. The minimum atomic E-state index is -0.420. The second-order valence-electron chi connectivity index (χ2n) is 7.23. The number of carbonyl (C=O) groups is 2. The molecule has 0 unspecified atom stereocenters. The van der Waals surface area contributed by atoms with E-state index in [1.165, 1.54) is 0 Å². The number of rotatable bonds is 8. The van der Waals surface area contributed by atoms with Crippen molar-refractivity contribution in [1.29, 1.82) is 0 Å². The Balaban J connectivity index is 1.41. The summed E-state index contributed by atoms with van der Waals surface area (Å²) in [5.74, 6) is -0.129. The fourth-order valence-corrected chi connectivity index (χ4v) is 3.44. The highest BCUT2D eigenvalue weighted by Crippen LogP contribution is 2.19. The highest BCUT2D eigenvalue weighted by Gasteiger charge is 2.29. The topological polar surface area (TPSA) is 106 Å². The van der Waals surface area contributed by atoms with Crippen molar-refractivity contribution in [2.45, 2.75) is 38.0 Å². The molecule has 154 valence electrons. The van der Waals surface area contributed by atoms with Crippen LogP contribution in [0.3, 0.4) is 0 Å². The Morgan fingerprint density at radius 2 is 2.04 bits per heavy atom. The Hall–Kier alpha value is -2.00. The number of morpholine rings is 1. The minimum Gasteiger partial charge on any atom is -0.379 e. The summed E-state index contributed by atoms with van der Waals surface area (Å²) in [4.78, 5) is 26.6. The predicted octanol–water partition coefficient (Wildman–Crippen LogP) is 0.470. The maximum atomic E-state index is 12.2. The van der Waals surface area contributed by atoms with Crippen LogP contribution in [0.4, 0.5) is 5.69 Å². The van der Waals surface area contributed by atoms with Gasteiger partial charge >= 0.3 is 0 Å². The molecule has 4 N–H and O–H groups in total. The van der Waals surface area contributed by atoms with Crippen LogP contribution >= 0.6 is 0 Å². The van der Waals surface area contributed by atoms with Crippen molar-refractivity contribution in [2.24, 2.45) is 5.73 Å². The van der Waals surface area contributed by atoms with Crippen molar-refractivity contribution in [3.63, 3.8) is 0 Å². The maximum absolute atomic E-state index is 12.2. The van der Waals surface area contributed by atoms with Crippen LogP contribution in [0.2, 0.25) is 0 Å². The van der Waals surface area contributed by atoms with Crippen molar-refractivity contribution in [2.75, 3.05) is 44.7 Å². The van der Waals surface area contributed by atoms with E-state index in [0.717, 1.165) is 50.5 Å². The first-order chi connectivity index (χ1) is 13.6. The molecule has 8 heteroatoms. The van der Waals surface area contributed by atoms with Crippen molar-refractivity contribution in [1.82, 2.24) is 10.2 Å². The number of anilines is 1. The Morgan fingerprint density at radius 1 is 1.21 bits per heavy atom. The molecule has 2 atom stereocenters. The number of amides is 2. The second kappa shape index (κ2) is 10.5. The van der Waals surface area contributed by atoms with Crippen LogP contribution in [0.15, 0.2) is 24.3 Å². The van der Waals surface area contributed by atoms with Gasteiger partial charge in [-0.3, -0.25) is 14.5 Å². The number of nitrogens with two attached hydrogens (primary N) is 1. The predicted molar refractivity (Wildman–Crippen MR) is 106 cm³/mol. The maximum Gasteiger partial charge on any atom is 0.249 e. The summed E-state index contributed by atoms with van der Waals surface area (Å²) in [7, 11) is 0. The van der Waals surface area contributed by atoms with Gasteiger partial charge in [-0.2, -0.15) is 0 Å². The molecule has 0 bridgehead atoms. The molecule has 0 aliphatic carbocycles. The van der Waals surface area contributed by atoms with Gasteiger partial charge in [0.2, 0.25) is 11.8 Å². The molecule has 1 aromatic carbocycles. The molecule has 2 amide bonds. The standard InChI is InChI=1S/C20H30N4O4/c21-13-17-4-5-18(28-17)20(26)22-14-15-2-1-3-16(12-15)23-19(25)6-7-24-8-10-27-11-9-24/h1-3,12,17-18H,4-11,13-14,21H2,(H,22,26)(H,23,25)/t17-,18+/m1/s1. The molecule has 2 fully saturated rings. The molecule has 2 aliphatic heterocycles. The van der Waals surface area contributed by atoms with E-state index in [0.29, 0.717) is 25.9 Å². The molecule has 8 nitrogen and oxygen atoms in total. The number of ether oxygens (including phenoxy) is 2. The Labute approximate surface area is 165 Å². The Morgan fingerprint density at radius 3 is 2.79 bits per heavy atom. The normalized spacial score (nSPS) is 22.8. The van der Waals surface area contributed by atoms with Crippen LogP contribution in [0.1, 0.15) is 24.8 Å². The summed E-state index contributed by atoms with van der Waals surface area (Å²) < 4.78 is 10.9. The summed E-state index contributed by atoms with van der Waals surface area (Å²) in [6.45, 7) is 4.78. The van der Waals surface area contributed by atoms with E-state index < -0.39 is 6.10 Å². The van der Waals surface area contributed by atoms with Crippen molar-refractivity contribution in [3.05, 3.63) is 29.8 Å². The van der Waals surface area contributed by atoms with Gasteiger partial charge in [0.05, 0.1) is 19.3 Å².